The van der Waals surface area contributed by atoms with Gasteiger partial charge in [-0.1, -0.05) is 13.8 Å². The molecule has 0 saturated carbocycles. The van der Waals surface area contributed by atoms with Crippen molar-refractivity contribution in [2.24, 2.45) is 16.8 Å². The van der Waals surface area contributed by atoms with Gasteiger partial charge in [0.15, 0.2) is 11.7 Å². The van der Waals surface area contributed by atoms with Gasteiger partial charge in [0, 0.05) is 59.4 Å². The fraction of sp³-hybridized carbons (Fsp3) is 0.700. The molecule has 0 spiro atoms. The highest BCUT2D eigenvalue weighted by molar-refractivity contribution is 5.91. The molecule has 2 fully saturated rings. The summed E-state index contributed by atoms with van der Waals surface area (Å²) in [4.78, 5) is 23.4. The molecule has 2 atom stereocenters. The summed E-state index contributed by atoms with van der Waals surface area (Å²) in [6.07, 6.45) is 2.88. The maximum absolute atomic E-state index is 12.4. The second-order valence-corrected chi connectivity index (χ2v) is 7.94. The number of piperazine rings is 1. The number of hydrogen-bond acceptors (Lipinski definition) is 4. The van der Waals surface area contributed by atoms with E-state index in [4.69, 9.17) is 4.42 Å². The third-order valence-corrected chi connectivity index (χ3v) is 5.47. The molecule has 2 aliphatic rings. The lowest BCUT2D eigenvalue weighted by molar-refractivity contribution is 0.0657. The number of likely N-dealkylation sites (tertiary alicyclic amines) is 1. The molecule has 2 unspecified atom stereocenters. The zero-order chi connectivity index (χ0) is 19.2. The van der Waals surface area contributed by atoms with Crippen LogP contribution in [0.4, 0.5) is 0 Å². The molecule has 0 radical (unpaired) electrons. The Balaban J connectivity index is 1.42. The first-order valence-electron chi connectivity index (χ1n) is 10.1. The fourth-order valence-corrected chi connectivity index (χ4v) is 4.31. The number of rotatable bonds is 4. The number of hydrogen-bond donors (Lipinski definition) is 1. The van der Waals surface area contributed by atoms with E-state index in [0.29, 0.717) is 18.8 Å². The lowest BCUT2D eigenvalue weighted by atomic mass is 9.92. The largest absolute Gasteiger partial charge is 0.459 e. The Morgan fingerprint density at radius 3 is 2.44 bits per heavy atom. The molecule has 0 bridgehead atoms. The molecule has 0 aromatic carbocycles. The van der Waals surface area contributed by atoms with Crippen LogP contribution in [0.5, 0.6) is 0 Å². The molecule has 1 amide bonds. The quantitative estimate of drug-likeness (QED) is 0.640. The molecule has 7 nitrogen and oxygen atoms in total. The van der Waals surface area contributed by atoms with E-state index in [-0.39, 0.29) is 5.91 Å². The summed E-state index contributed by atoms with van der Waals surface area (Å²) in [6, 6.07) is 3.47. The average Bonchev–Trinajstić information content (AvgIpc) is 3.19. The van der Waals surface area contributed by atoms with Gasteiger partial charge < -0.3 is 24.4 Å². The van der Waals surface area contributed by atoms with Crippen LogP contribution < -0.4 is 5.32 Å². The standard InChI is InChI=1S/C20H33N5O2/c1-16-13-17(2)15-23(14-16)7-6-22-20(21-3)25-10-8-24(9-11-25)19(26)18-5-4-12-27-18/h4-5,12,16-17H,6-11,13-15H2,1-3H3,(H,21,22). The Bertz CT molecular complexity index is 612. The Morgan fingerprint density at radius 2 is 1.85 bits per heavy atom. The Kier molecular flexibility index (Phi) is 6.77. The van der Waals surface area contributed by atoms with E-state index in [1.807, 2.05) is 11.9 Å². The Hall–Kier alpha value is -2.02. The summed E-state index contributed by atoms with van der Waals surface area (Å²) in [6.45, 7) is 12.0. The van der Waals surface area contributed by atoms with Crippen molar-refractivity contribution in [2.45, 2.75) is 20.3 Å². The van der Waals surface area contributed by atoms with Crippen LogP contribution in [-0.4, -0.2) is 86.0 Å². The van der Waals surface area contributed by atoms with Crippen molar-refractivity contribution in [1.29, 1.82) is 0 Å². The van der Waals surface area contributed by atoms with E-state index < -0.39 is 0 Å². The molecular weight excluding hydrogens is 342 g/mol. The molecule has 1 N–H and O–H groups in total. The molecule has 150 valence electrons. The predicted octanol–water partition coefficient (Wildman–Crippen LogP) is 1.59. The first-order valence-corrected chi connectivity index (χ1v) is 10.1. The lowest BCUT2D eigenvalue weighted by Gasteiger charge is -2.37. The Labute approximate surface area is 162 Å². The minimum absolute atomic E-state index is 0.0315. The molecule has 3 rings (SSSR count). The number of carbonyl (C=O) groups is 1. The van der Waals surface area contributed by atoms with Crippen molar-refractivity contribution >= 4 is 11.9 Å². The van der Waals surface area contributed by atoms with Crippen LogP contribution in [0, 0.1) is 11.8 Å². The van der Waals surface area contributed by atoms with E-state index in [2.05, 4.69) is 34.0 Å². The maximum Gasteiger partial charge on any atom is 0.289 e. The van der Waals surface area contributed by atoms with Gasteiger partial charge in [-0.05, 0) is 30.4 Å². The van der Waals surface area contributed by atoms with E-state index in [1.54, 1.807) is 18.4 Å². The normalized spacial score (nSPS) is 24.9. The highest BCUT2D eigenvalue weighted by Gasteiger charge is 2.25. The number of nitrogens with one attached hydrogen (secondary N) is 1. The van der Waals surface area contributed by atoms with Crippen LogP contribution in [0.15, 0.2) is 27.8 Å². The van der Waals surface area contributed by atoms with Gasteiger partial charge in [-0.2, -0.15) is 0 Å². The minimum Gasteiger partial charge on any atom is -0.459 e. The second-order valence-electron chi connectivity index (χ2n) is 7.94. The SMILES string of the molecule is CN=C(NCCN1CC(C)CC(C)C1)N1CCN(C(=O)c2ccco2)CC1. The molecule has 3 heterocycles. The highest BCUT2D eigenvalue weighted by Crippen LogP contribution is 2.20. The van der Waals surface area contributed by atoms with Gasteiger partial charge >= 0.3 is 0 Å². The van der Waals surface area contributed by atoms with Crippen LogP contribution in [0.1, 0.15) is 30.8 Å². The van der Waals surface area contributed by atoms with Crippen molar-refractivity contribution < 1.29 is 9.21 Å². The number of amides is 1. The molecule has 2 saturated heterocycles. The number of nitrogens with zero attached hydrogens (tertiary/aromatic N) is 4. The van der Waals surface area contributed by atoms with Gasteiger partial charge in [-0.15, -0.1) is 0 Å². The summed E-state index contributed by atoms with van der Waals surface area (Å²) in [7, 11) is 1.83. The van der Waals surface area contributed by atoms with Crippen molar-refractivity contribution in [2.75, 3.05) is 59.4 Å². The number of carbonyl (C=O) groups excluding carboxylic acids is 1. The number of guanidine groups is 1. The first-order chi connectivity index (χ1) is 13.1. The number of piperidine rings is 1. The van der Waals surface area contributed by atoms with Crippen LogP contribution >= 0.6 is 0 Å². The van der Waals surface area contributed by atoms with Gasteiger partial charge in [0.1, 0.15) is 0 Å². The molecule has 7 heteroatoms. The molecule has 27 heavy (non-hydrogen) atoms. The second kappa shape index (κ2) is 9.26. The summed E-state index contributed by atoms with van der Waals surface area (Å²) in [5, 5.41) is 3.50. The molecular formula is C20H33N5O2. The van der Waals surface area contributed by atoms with E-state index in [1.165, 1.54) is 19.5 Å². The summed E-state index contributed by atoms with van der Waals surface area (Å²) >= 11 is 0. The van der Waals surface area contributed by atoms with Gasteiger partial charge in [0.05, 0.1) is 6.26 Å². The smallest absolute Gasteiger partial charge is 0.289 e. The maximum atomic E-state index is 12.4. The van der Waals surface area contributed by atoms with Crippen LogP contribution in [0.25, 0.3) is 0 Å². The van der Waals surface area contributed by atoms with Gasteiger partial charge in [0.2, 0.25) is 0 Å². The number of aliphatic imine (C=N–C) groups is 1. The fourth-order valence-electron chi connectivity index (χ4n) is 4.31. The molecule has 1 aromatic heterocycles. The first kappa shape index (κ1) is 19.7. The predicted molar refractivity (Wildman–Crippen MR) is 107 cm³/mol. The van der Waals surface area contributed by atoms with E-state index in [0.717, 1.165) is 44.0 Å². The van der Waals surface area contributed by atoms with Crippen LogP contribution in [0.2, 0.25) is 0 Å². The lowest BCUT2D eigenvalue weighted by Crippen LogP contribution is -2.54. The zero-order valence-corrected chi connectivity index (χ0v) is 16.9. The minimum atomic E-state index is -0.0315. The third kappa shape index (κ3) is 5.25. The molecule has 0 aliphatic carbocycles. The van der Waals surface area contributed by atoms with E-state index in [9.17, 15) is 4.79 Å². The average molecular weight is 376 g/mol. The van der Waals surface area contributed by atoms with E-state index >= 15 is 0 Å². The molecule has 2 aliphatic heterocycles. The van der Waals surface area contributed by atoms with Gasteiger partial charge in [-0.3, -0.25) is 9.79 Å². The number of furan rings is 1. The topological polar surface area (TPSA) is 64.3 Å². The van der Waals surface area contributed by atoms with Crippen LogP contribution in [-0.2, 0) is 0 Å². The highest BCUT2D eigenvalue weighted by atomic mass is 16.3. The summed E-state index contributed by atoms with van der Waals surface area (Å²) in [5.41, 5.74) is 0. The monoisotopic (exact) mass is 375 g/mol. The van der Waals surface area contributed by atoms with Crippen molar-refractivity contribution in [3.8, 4) is 0 Å². The van der Waals surface area contributed by atoms with Crippen LogP contribution in [0.3, 0.4) is 0 Å². The van der Waals surface area contributed by atoms with Crippen molar-refractivity contribution in [1.82, 2.24) is 20.0 Å². The zero-order valence-electron chi connectivity index (χ0n) is 16.9. The summed E-state index contributed by atoms with van der Waals surface area (Å²) in [5.74, 6) is 2.88. The van der Waals surface area contributed by atoms with Crippen molar-refractivity contribution in [3.05, 3.63) is 24.2 Å². The third-order valence-electron chi connectivity index (χ3n) is 5.47. The summed E-state index contributed by atoms with van der Waals surface area (Å²) < 4.78 is 5.22. The Morgan fingerprint density at radius 1 is 1.19 bits per heavy atom. The van der Waals surface area contributed by atoms with Crippen molar-refractivity contribution in [3.63, 3.8) is 0 Å². The van der Waals surface area contributed by atoms with Gasteiger partial charge in [0.25, 0.3) is 5.91 Å². The molecule has 1 aromatic rings. The van der Waals surface area contributed by atoms with Gasteiger partial charge in [-0.25, -0.2) is 0 Å².